The number of carbonyl (C=O) groups excluding carboxylic acids is 4. The predicted octanol–water partition coefficient (Wildman–Crippen LogP) is 17.7. The first-order valence-electron chi connectivity index (χ1n) is 36.2. The Morgan fingerprint density at radius 2 is 0.786 bits per heavy atom. The van der Waals surface area contributed by atoms with Gasteiger partial charge in [0.25, 0.3) is 0 Å². The van der Waals surface area contributed by atoms with Crippen molar-refractivity contribution in [3.63, 3.8) is 0 Å². The van der Waals surface area contributed by atoms with Gasteiger partial charge in [-0.3, -0.25) is 9.59 Å². The van der Waals surface area contributed by atoms with Crippen molar-refractivity contribution < 1.29 is 66.0 Å². The number of ether oxygens (including phenoxy) is 4. The Morgan fingerprint density at radius 3 is 1.06 bits per heavy atom. The molecule has 8 aliphatic carbocycles. The molecule has 2 saturated heterocycles. The van der Waals surface area contributed by atoms with E-state index in [0.29, 0.717) is 48.0 Å². The lowest BCUT2D eigenvalue weighted by molar-refractivity contribution is -0.172. The molecule has 544 valence electrons. The third kappa shape index (κ3) is 10.9. The van der Waals surface area contributed by atoms with Crippen LogP contribution in [0.5, 0.6) is 0 Å². The number of epoxide rings is 2. The predicted molar refractivity (Wildman–Crippen MR) is 401 cm³/mol. The maximum absolute atomic E-state index is 15.6. The lowest BCUT2D eigenvalue weighted by Crippen LogP contribution is -2.63. The van der Waals surface area contributed by atoms with Gasteiger partial charge in [-0.2, -0.15) is 0 Å². The minimum Gasteiger partial charge on any atom is -0.451 e. The fourth-order valence-corrected chi connectivity index (χ4v) is 25.1. The molecule has 14 nitrogen and oxygen atoms in total. The molecule has 2 aliphatic heterocycles. The summed E-state index contributed by atoms with van der Waals surface area (Å²) in [5.41, 5.74) is -7.52. The Hall–Kier alpha value is -2.29. The Bertz CT molecular complexity index is 3410. The summed E-state index contributed by atoms with van der Waals surface area (Å²) < 4.78 is 56.7. The van der Waals surface area contributed by atoms with Crippen molar-refractivity contribution >= 4 is 88.6 Å². The number of hydrogen-bond acceptors (Lipinski definition) is 14. The number of fused-ring (bicyclic) bond motifs is 10. The van der Waals surface area contributed by atoms with E-state index < -0.39 is 126 Å². The lowest BCUT2D eigenvalue weighted by atomic mass is 9.59. The minimum absolute atomic E-state index is 0.0192. The second kappa shape index (κ2) is 23.1. The van der Waals surface area contributed by atoms with Crippen LogP contribution in [-0.2, 0) is 46.2 Å². The van der Waals surface area contributed by atoms with Crippen LogP contribution in [0.2, 0.25) is 72.5 Å². The van der Waals surface area contributed by atoms with Gasteiger partial charge in [-0.05, 0) is 194 Å². The van der Waals surface area contributed by atoms with Gasteiger partial charge in [0, 0.05) is 32.6 Å². The summed E-state index contributed by atoms with van der Waals surface area (Å²) in [6, 6.07) is 14.0. The number of rotatable bonds is 14. The van der Waals surface area contributed by atoms with Crippen LogP contribution in [0, 0.1) is 57.2 Å². The molecule has 0 radical (unpaired) electrons. The number of ketones is 2. The minimum atomic E-state index is -2.29. The van der Waals surface area contributed by atoms with Crippen LogP contribution in [0.3, 0.4) is 0 Å². The Labute approximate surface area is 607 Å². The van der Waals surface area contributed by atoms with Crippen molar-refractivity contribution in [2.45, 2.75) is 295 Å². The fraction of sp³-hybridized carbons (Fsp3) is 0.744. The van der Waals surface area contributed by atoms with Crippen molar-refractivity contribution in [2.75, 3.05) is 13.2 Å². The van der Waals surface area contributed by atoms with Gasteiger partial charge in [-0.15, -0.1) is 0 Å². The van der Waals surface area contributed by atoms with E-state index in [4.69, 9.17) is 36.7 Å². The SMILES string of the molecule is CC1=C[C@@]23C(=O)[C@H](C[C@]4(CO[Si](C)(C)C(C)(C)C)O[C@@H]4[C@@]2(O)[C@@H]1OC(=O)c1ccc(Br)cc1)[C@H]1C(C)(C)[C@@]1(O[Si](C)(C)C(C)(C)C)C[C@@H]3C.CC1=C[C@]23C(=O)[C@@H](C[C@@]4(CO[Si](C)(C)C(C)(C)C)O[C@H]4[C@]2(O)[C@H]1OC(=O)c1ccc(Br)cc1)[C@@H]1C(C)(C)[C@]1(O[Si](C)(C)C(C)(C)C)C[C@H]3C. The highest BCUT2D eigenvalue weighted by Gasteiger charge is 2.90. The first-order chi connectivity index (χ1) is 44.3. The van der Waals surface area contributed by atoms with Gasteiger partial charge in [0.2, 0.25) is 0 Å². The summed E-state index contributed by atoms with van der Waals surface area (Å²) in [6.07, 6.45) is 2.44. The first kappa shape index (κ1) is 76.8. The van der Waals surface area contributed by atoms with E-state index >= 15 is 9.59 Å². The maximum atomic E-state index is 15.6. The van der Waals surface area contributed by atoms with Crippen molar-refractivity contribution in [2.24, 2.45) is 57.2 Å². The maximum Gasteiger partial charge on any atom is 0.338 e. The molecule has 4 bridgehead atoms. The van der Waals surface area contributed by atoms with Crippen LogP contribution >= 0.6 is 31.9 Å². The molecule has 10 aliphatic rings. The number of benzene rings is 2. The van der Waals surface area contributed by atoms with Crippen molar-refractivity contribution in [1.29, 1.82) is 0 Å². The third-order valence-corrected chi connectivity index (χ3v) is 48.0. The molecule has 2 aromatic carbocycles. The van der Waals surface area contributed by atoms with Crippen LogP contribution in [-0.4, -0.2) is 138 Å². The summed E-state index contributed by atoms with van der Waals surface area (Å²) in [7, 11) is -9.04. The summed E-state index contributed by atoms with van der Waals surface area (Å²) in [4.78, 5) is 58.6. The second-order valence-electron chi connectivity index (χ2n) is 39.4. The molecule has 2 spiro atoms. The summed E-state index contributed by atoms with van der Waals surface area (Å²) >= 11 is 6.88. The Morgan fingerprint density at radius 1 is 0.500 bits per heavy atom. The van der Waals surface area contributed by atoms with E-state index in [2.05, 4.69) is 209 Å². The first-order valence-corrected chi connectivity index (χ1v) is 49.4. The molecule has 0 unspecified atom stereocenters. The van der Waals surface area contributed by atoms with E-state index in [1.54, 1.807) is 48.5 Å². The highest BCUT2D eigenvalue weighted by molar-refractivity contribution is 9.10. The molecule has 18 atom stereocenters. The molecule has 2 N–H and O–H groups in total. The Kier molecular flexibility index (Phi) is 18.1. The standard InChI is InChI=1S/2C39H59BrO7Si2/c2*1-23-19-37-24(2)20-38(47-49(13,14)34(6,7)8)28(35(38,9)10)27(29(37)41)21-36(22-44-48(11,12)33(3,4)5)32(46-36)39(37,43)30(23)45-31(42)25-15-17-26(40)18-16-25/h2*15-19,24,27-28,30,32,43H,20-22H2,1-14H3/t2*24-,27+,28-,30+,32-,36+,37+,38+,39-/m10/s1. The lowest BCUT2D eigenvalue weighted by Gasteiger charge is -2.47. The average molecular weight is 1550 g/mol. The number of aliphatic hydroxyl groups is 2. The summed E-state index contributed by atoms with van der Waals surface area (Å²) in [5, 5.41) is 26.9. The molecule has 20 heteroatoms. The monoisotopic (exact) mass is 1550 g/mol. The van der Waals surface area contributed by atoms with Gasteiger partial charge < -0.3 is 46.9 Å². The second-order valence-corrected chi connectivity index (χ2v) is 60.3. The van der Waals surface area contributed by atoms with E-state index in [9.17, 15) is 19.8 Å². The number of esters is 2. The van der Waals surface area contributed by atoms with Crippen LogP contribution in [0.1, 0.15) is 185 Å². The highest BCUT2D eigenvalue weighted by Crippen LogP contribution is 2.81. The van der Waals surface area contributed by atoms with Crippen LogP contribution < -0.4 is 0 Å². The molecule has 98 heavy (non-hydrogen) atoms. The molecule has 6 saturated carbocycles. The van der Waals surface area contributed by atoms with E-state index in [1.165, 1.54) is 0 Å². The number of Topliss-reactive ketones (excluding diaryl/α,β-unsaturated/α-hetero) is 2. The van der Waals surface area contributed by atoms with Crippen molar-refractivity contribution in [1.82, 2.24) is 0 Å². The Balaban J connectivity index is 0.000000198. The molecule has 0 aromatic heterocycles. The topological polar surface area (TPSA) is 189 Å². The van der Waals surface area contributed by atoms with Crippen LogP contribution in [0.15, 0.2) is 80.8 Å². The summed E-state index contributed by atoms with van der Waals surface area (Å²) in [6.45, 7) is 62.4. The molecule has 0 amide bonds. The van der Waals surface area contributed by atoms with E-state index in [1.807, 2.05) is 26.0 Å². The van der Waals surface area contributed by atoms with Crippen LogP contribution in [0.25, 0.3) is 0 Å². The molecular formula is C78H118Br2O14Si4. The number of hydrogen-bond donors (Lipinski definition) is 2. The van der Waals surface area contributed by atoms with Crippen LogP contribution in [0.4, 0.5) is 0 Å². The average Bonchev–Trinajstić information content (AvgIpc) is 1.46. The van der Waals surface area contributed by atoms with Gasteiger partial charge >= 0.3 is 11.9 Å². The fourth-order valence-electron chi connectivity index (χ4n) is 19.1. The number of halogens is 2. The molecule has 2 heterocycles. The zero-order chi connectivity index (χ0) is 73.5. The zero-order valence-electron chi connectivity index (χ0n) is 64.3. The van der Waals surface area contributed by atoms with Crippen molar-refractivity contribution in [3.8, 4) is 0 Å². The largest absolute Gasteiger partial charge is 0.451 e. The van der Waals surface area contributed by atoms with E-state index in [-0.39, 0.29) is 79.4 Å². The third-order valence-electron chi connectivity index (χ3n) is 29.0. The zero-order valence-corrected chi connectivity index (χ0v) is 71.5. The van der Waals surface area contributed by atoms with E-state index in [0.717, 1.165) is 8.95 Å². The summed E-state index contributed by atoms with van der Waals surface area (Å²) in [5.74, 6) is -2.57. The van der Waals surface area contributed by atoms with Gasteiger partial charge in [0.15, 0.2) is 56.7 Å². The molecule has 2 aromatic rings. The molecule has 12 rings (SSSR count). The quantitative estimate of drug-likeness (QED) is 0.0786. The molecule has 8 fully saturated rings. The number of carbonyl (C=O) groups is 4. The van der Waals surface area contributed by atoms with Gasteiger partial charge in [0.05, 0.1) is 46.4 Å². The highest BCUT2D eigenvalue weighted by atomic mass is 79.9. The normalized spacial score (nSPS) is 39.6. The van der Waals surface area contributed by atoms with Gasteiger partial charge in [0.1, 0.15) is 35.0 Å². The van der Waals surface area contributed by atoms with Gasteiger partial charge in [-0.1, -0.05) is 169 Å². The van der Waals surface area contributed by atoms with Gasteiger partial charge in [-0.25, -0.2) is 9.59 Å². The molecular weight excluding hydrogens is 1430 g/mol. The smallest absolute Gasteiger partial charge is 0.338 e. The van der Waals surface area contributed by atoms with Crippen molar-refractivity contribution in [3.05, 3.63) is 91.9 Å².